The van der Waals surface area contributed by atoms with Crippen LogP contribution in [0.4, 0.5) is 11.4 Å². The number of methoxy groups -OCH3 is 1. The van der Waals surface area contributed by atoms with Gasteiger partial charge in [-0.25, -0.2) is 0 Å². The lowest BCUT2D eigenvalue weighted by Crippen LogP contribution is -2.94. The lowest BCUT2D eigenvalue weighted by molar-refractivity contribution is -0.683. The molecule has 1 aromatic rings. The fraction of sp³-hybridized carbons (Fsp3) is 0.353. The van der Waals surface area contributed by atoms with Crippen molar-refractivity contribution < 1.29 is 24.7 Å². The van der Waals surface area contributed by atoms with E-state index in [0.717, 1.165) is 0 Å². The molecule has 142 valence electrons. The first-order chi connectivity index (χ1) is 12.5. The van der Waals surface area contributed by atoms with E-state index in [1.165, 1.54) is 12.4 Å². The van der Waals surface area contributed by atoms with E-state index in [0.29, 0.717) is 36.2 Å². The summed E-state index contributed by atoms with van der Waals surface area (Å²) in [6, 6.07) is 5.96. The first-order valence-corrected chi connectivity index (χ1v) is 8.46. The number of anilines is 2. The standard InChI is InChI=1S/C17H24N4O4S/c1-3-7-19-17(26)21-13-6-4-5-12(10-13)20-15(22)11-14(16(23)24)18-8-9-25-2/h3-6,10,14,18H,1,7-9,11H2,2H3,(H,20,22)(H,23,24)(H2,19,21,26)/t14-/m0/s1. The number of amides is 1. The molecule has 1 amide bonds. The van der Waals surface area contributed by atoms with Gasteiger partial charge in [0.25, 0.3) is 0 Å². The maximum Gasteiger partial charge on any atom is 0.230 e. The molecule has 5 N–H and O–H groups in total. The van der Waals surface area contributed by atoms with Crippen molar-refractivity contribution in [2.24, 2.45) is 0 Å². The highest BCUT2D eigenvalue weighted by Gasteiger charge is 2.18. The summed E-state index contributed by atoms with van der Waals surface area (Å²) in [5.41, 5.74) is 1.22. The van der Waals surface area contributed by atoms with Crippen LogP contribution in [0.2, 0.25) is 0 Å². The number of nitrogens with one attached hydrogen (secondary N) is 3. The van der Waals surface area contributed by atoms with Crippen molar-refractivity contribution in [1.82, 2.24) is 5.32 Å². The third-order valence-electron chi connectivity index (χ3n) is 3.29. The minimum atomic E-state index is -1.29. The molecule has 0 unspecified atom stereocenters. The number of benzene rings is 1. The van der Waals surface area contributed by atoms with Crippen LogP contribution in [-0.2, 0) is 14.3 Å². The lowest BCUT2D eigenvalue weighted by atomic mass is 10.2. The van der Waals surface area contributed by atoms with E-state index in [9.17, 15) is 14.7 Å². The van der Waals surface area contributed by atoms with Crippen LogP contribution in [0.3, 0.4) is 0 Å². The van der Waals surface area contributed by atoms with Gasteiger partial charge in [0.2, 0.25) is 5.91 Å². The van der Waals surface area contributed by atoms with Crippen molar-refractivity contribution in [1.29, 1.82) is 0 Å². The number of nitrogens with two attached hydrogens (primary N) is 1. The summed E-state index contributed by atoms with van der Waals surface area (Å²) < 4.78 is 4.87. The van der Waals surface area contributed by atoms with Crippen molar-refractivity contribution >= 4 is 40.6 Å². The van der Waals surface area contributed by atoms with Crippen LogP contribution in [0.5, 0.6) is 0 Å². The molecule has 0 radical (unpaired) electrons. The Bertz CT molecular complexity index is 639. The number of ether oxygens (including phenoxy) is 1. The Morgan fingerprint density at radius 3 is 2.69 bits per heavy atom. The van der Waals surface area contributed by atoms with Crippen LogP contribution in [0, 0.1) is 0 Å². The highest BCUT2D eigenvalue weighted by molar-refractivity contribution is 7.80. The van der Waals surface area contributed by atoms with Gasteiger partial charge in [-0.2, -0.15) is 0 Å². The molecule has 0 heterocycles. The normalized spacial score (nSPS) is 11.3. The Balaban J connectivity index is 2.59. The Labute approximate surface area is 158 Å². The number of thiocarbonyl (C=S) groups is 1. The molecule has 9 heteroatoms. The van der Waals surface area contributed by atoms with Crippen molar-refractivity contribution in [3.63, 3.8) is 0 Å². The quantitative estimate of drug-likeness (QED) is 0.217. The summed E-state index contributed by atoms with van der Waals surface area (Å²) >= 11 is 5.12. The van der Waals surface area contributed by atoms with Crippen molar-refractivity contribution in [2.45, 2.75) is 12.5 Å². The highest BCUT2D eigenvalue weighted by atomic mass is 32.1. The molecule has 0 saturated heterocycles. The molecule has 0 aliphatic carbocycles. The summed E-state index contributed by atoms with van der Waals surface area (Å²) in [4.78, 5) is 23.3. The maximum atomic E-state index is 12.1. The second-order valence-electron chi connectivity index (χ2n) is 5.40. The number of carbonyl (C=O) groups excluding carboxylic acids is 2. The Morgan fingerprint density at radius 1 is 1.38 bits per heavy atom. The maximum absolute atomic E-state index is 12.1. The average molecular weight is 380 g/mol. The van der Waals surface area contributed by atoms with Gasteiger partial charge >= 0.3 is 0 Å². The Hall–Kier alpha value is -2.49. The van der Waals surface area contributed by atoms with Gasteiger partial charge in [0.05, 0.1) is 25.5 Å². The molecule has 0 bridgehead atoms. The molecule has 0 spiro atoms. The van der Waals surface area contributed by atoms with Crippen LogP contribution in [0.1, 0.15) is 6.42 Å². The summed E-state index contributed by atoms with van der Waals surface area (Å²) in [5.74, 6) is -1.71. The minimum Gasteiger partial charge on any atom is -0.544 e. The van der Waals surface area contributed by atoms with Gasteiger partial charge in [-0.3, -0.25) is 4.79 Å². The van der Waals surface area contributed by atoms with Crippen molar-refractivity contribution in [3.05, 3.63) is 36.9 Å². The second kappa shape index (κ2) is 12.0. The fourth-order valence-corrected chi connectivity index (χ4v) is 2.28. The monoisotopic (exact) mass is 380 g/mol. The smallest absolute Gasteiger partial charge is 0.230 e. The van der Waals surface area contributed by atoms with E-state index in [4.69, 9.17) is 17.0 Å². The summed E-state index contributed by atoms with van der Waals surface area (Å²) in [5, 5.41) is 21.7. The predicted octanol–water partition coefficient (Wildman–Crippen LogP) is -1.18. The van der Waals surface area contributed by atoms with Crippen molar-refractivity contribution in [2.75, 3.05) is 37.4 Å². The fourth-order valence-electron chi connectivity index (χ4n) is 2.08. The number of aliphatic carboxylic acids is 1. The molecule has 0 aromatic heterocycles. The van der Waals surface area contributed by atoms with E-state index < -0.39 is 17.9 Å². The van der Waals surface area contributed by atoms with Crippen LogP contribution in [-0.4, -0.2) is 49.8 Å². The second-order valence-corrected chi connectivity index (χ2v) is 5.81. The van der Waals surface area contributed by atoms with Gasteiger partial charge < -0.3 is 35.9 Å². The summed E-state index contributed by atoms with van der Waals surface area (Å²) in [6.45, 7) is 4.94. The molecule has 26 heavy (non-hydrogen) atoms. The molecule has 1 aromatic carbocycles. The topological polar surface area (TPSA) is 119 Å². The average Bonchev–Trinajstić information content (AvgIpc) is 2.59. The van der Waals surface area contributed by atoms with E-state index in [1.54, 1.807) is 30.3 Å². The molecule has 0 fully saturated rings. The van der Waals surface area contributed by atoms with E-state index >= 15 is 0 Å². The van der Waals surface area contributed by atoms with Crippen LogP contribution < -0.4 is 26.4 Å². The number of carbonyl (C=O) groups is 2. The number of rotatable bonds is 11. The predicted molar refractivity (Wildman–Crippen MR) is 102 cm³/mol. The SMILES string of the molecule is C=CCNC(=S)Nc1cccc(NC(=O)C[C@H]([NH2+]CCOC)C(=O)[O-])c1. The molecule has 0 aliphatic heterocycles. The number of carboxylic acids is 1. The number of quaternary nitrogens is 1. The molecule has 1 rings (SSSR count). The van der Waals surface area contributed by atoms with Crippen LogP contribution in [0.25, 0.3) is 0 Å². The third-order valence-corrected chi connectivity index (χ3v) is 3.54. The largest absolute Gasteiger partial charge is 0.544 e. The van der Waals surface area contributed by atoms with Crippen LogP contribution >= 0.6 is 12.2 Å². The molecule has 8 nitrogen and oxygen atoms in total. The first-order valence-electron chi connectivity index (χ1n) is 8.05. The zero-order valence-corrected chi connectivity index (χ0v) is 15.4. The van der Waals surface area contributed by atoms with Gasteiger partial charge in [0.15, 0.2) is 5.11 Å². The molecule has 0 saturated carbocycles. The van der Waals surface area contributed by atoms with E-state index in [2.05, 4.69) is 22.5 Å². The van der Waals surface area contributed by atoms with E-state index in [-0.39, 0.29) is 6.42 Å². The van der Waals surface area contributed by atoms with Gasteiger partial charge in [-0.05, 0) is 30.4 Å². The molecular weight excluding hydrogens is 356 g/mol. The zero-order valence-electron chi connectivity index (χ0n) is 14.6. The Kier molecular flexibility index (Phi) is 9.91. The van der Waals surface area contributed by atoms with Crippen LogP contribution in [0.15, 0.2) is 36.9 Å². The number of hydrogen-bond acceptors (Lipinski definition) is 5. The van der Waals surface area contributed by atoms with Gasteiger partial charge in [-0.15, -0.1) is 6.58 Å². The molecule has 0 aliphatic rings. The number of carboxylic acid groups (broad SMARTS) is 1. The lowest BCUT2D eigenvalue weighted by Gasteiger charge is -2.16. The first kappa shape index (κ1) is 21.6. The summed E-state index contributed by atoms with van der Waals surface area (Å²) in [7, 11) is 1.52. The third kappa shape index (κ3) is 8.56. The van der Waals surface area contributed by atoms with Crippen molar-refractivity contribution in [3.8, 4) is 0 Å². The number of hydrogen-bond donors (Lipinski definition) is 4. The molecule has 1 atom stereocenters. The highest BCUT2D eigenvalue weighted by Crippen LogP contribution is 2.15. The Morgan fingerprint density at radius 2 is 2.08 bits per heavy atom. The molecular formula is C17H24N4O4S. The van der Waals surface area contributed by atoms with Gasteiger partial charge in [-0.1, -0.05) is 12.1 Å². The zero-order chi connectivity index (χ0) is 19.4. The van der Waals surface area contributed by atoms with Gasteiger partial charge in [0, 0.05) is 25.0 Å². The van der Waals surface area contributed by atoms with Gasteiger partial charge in [0.1, 0.15) is 6.04 Å². The summed E-state index contributed by atoms with van der Waals surface area (Å²) in [6.07, 6.45) is 1.48. The van der Waals surface area contributed by atoms with E-state index in [1.807, 2.05) is 0 Å². The minimum absolute atomic E-state index is 0.205.